The summed E-state index contributed by atoms with van der Waals surface area (Å²) in [4.78, 5) is 17.1. The van der Waals surface area contributed by atoms with E-state index < -0.39 is 11.7 Å². The molecule has 2 aromatic heterocycles. The summed E-state index contributed by atoms with van der Waals surface area (Å²) >= 11 is 0. The van der Waals surface area contributed by atoms with Gasteiger partial charge in [-0.25, -0.2) is 0 Å². The molecule has 0 unspecified atom stereocenters. The number of hydrogen-bond acceptors (Lipinski definition) is 3. The molecule has 5 nitrogen and oxygen atoms in total. The first-order valence-electron chi connectivity index (χ1n) is 11.1. The van der Waals surface area contributed by atoms with Crippen molar-refractivity contribution in [1.29, 1.82) is 0 Å². The molecule has 0 atom stereocenters. The summed E-state index contributed by atoms with van der Waals surface area (Å²) in [6.07, 6.45) is -2.77. The van der Waals surface area contributed by atoms with Gasteiger partial charge in [0.05, 0.1) is 17.3 Å². The Balaban J connectivity index is 1.34. The van der Waals surface area contributed by atoms with E-state index in [9.17, 15) is 18.0 Å². The maximum absolute atomic E-state index is 13.5. The molecule has 0 spiro atoms. The Bertz CT molecular complexity index is 1310. The summed E-state index contributed by atoms with van der Waals surface area (Å²) in [5, 5.41) is 0. The summed E-state index contributed by atoms with van der Waals surface area (Å²) in [5.41, 5.74) is 4.14. The first-order chi connectivity index (χ1) is 16.3. The third-order valence-corrected chi connectivity index (χ3v) is 6.31. The van der Waals surface area contributed by atoms with Gasteiger partial charge in [0.15, 0.2) is 5.58 Å². The number of alkyl halides is 3. The van der Waals surface area contributed by atoms with E-state index in [1.807, 2.05) is 46.7 Å². The minimum absolute atomic E-state index is 0.109. The summed E-state index contributed by atoms with van der Waals surface area (Å²) in [7, 11) is 0. The molecular formula is C26H24F3N3O2. The molecule has 0 N–H and O–H groups in total. The lowest BCUT2D eigenvalue weighted by Crippen LogP contribution is -2.49. The second kappa shape index (κ2) is 8.59. The molecule has 0 radical (unpaired) electrons. The number of fused-ring (bicyclic) bond motifs is 1. The van der Waals surface area contributed by atoms with Crippen LogP contribution in [-0.4, -0.2) is 41.6 Å². The highest BCUT2D eigenvalue weighted by molar-refractivity contribution is 5.97. The molecule has 2 aromatic carbocycles. The molecule has 1 amide bonds. The molecule has 0 aliphatic carbocycles. The average Bonchev–Trinajstić information content (AvgIpc) is 3.42. The number of nitrogens with zero attached hydrogens (tertiary/aromatic N) is 3. The third-order valence-electron chi connectivity index (χ3n) is 6.31. The van der Waals surface area contributed by atoms with Crippen LogP contribution in [0.4, 0.5) is 18.9 Å². The smallest absolute Gasteiger partial charge is 0.416 e. The van der Waals surface area contributed by atoms with Crippen LogP contribution in [0.3, 0.4) is 0 Å². The monoisotopic (exact) mass is 467 g/mol. The van der Waals surface area contributed by atoms with Crippen LogP contribution < -0.4 is 4.90 Å². The molecular weight excluding hydrogens is 443 g/mol. The van der Waals surface area contributed by atoms with Gasteiger partial charge in [-0.3, -0.25) is 4.79 Å². The Morgan fingerprint density at radius 2 is 1.71 bits per heavy atom. The highest BCUT2D eigenvalue weighted by Crippen LogP contribution is 2.32. The van der Waals surface area contributed by atoms with Crippen molar-refractivity contribution in [2.24, 2.45) is 0 Å². The molecule has 1 aliphatic heterocycles. The van der Waals surface area contributed by atoms with Crippen molar-refractivity contribution in [2.45, 2.75) is 19.6 Å². The third kappa shape index (κ3) is 4.27. The van der Waals surface area contributed by atoms with Crippen LogP contribution in [0, 0.1) is 6.92 Å². The maximum Gasteiger partial charge on any atom is 0.416 e. The van der Waals surface area contributed by atoms with Crippen LogP contribution in [0.15, 0.2) is 71.3 Å². The van der Waals surface area contributed by atoms with E-state index in [1.165, 1.54) is 17.7 Å². The number of aryl methyl sites for hydroxylation is 1. The molecule has 5 rings (SSSR count). The first-order valence-corrected chi connectivity index (χ1v) is 11.1. The van der Waals surface area contributed by atoms with Gasteiger partial charge < -0.3 is 18.8 Å². The normalized spacial score (nSPS) is 14.7. The second-order valence-electron chi connectivity index (χ2n) is 8.60. The SMILES string of the molecule is Cc1ccc(Cn2c(C(=O)N3CCN(c4cccc(C(F)(F)F)c4)CC3)cc3occc32)cc1. The van der Waals surface area contributed by atoms with Gasteiger partial charge in [0.2, 0.25) is 0 Å². The van der Waals surface area contributed by atoms with Crippen LogP contribution in [0.25, 0.3) is 11.1 Å². The number of amides is 1. The van der Waals surface area contributed by atoms with Crippen molar-refractivity contribution in [1.82, 2.24) is 9.47 Å². The van der Waals surface area contributed by atoms with Crippen molar-refractivity contribution >= 4 is 22.7 Å². The highest BCUT2D eigenvalue weighted by Gasteiger charge is 2.31. The van der Waals surface area contributed by atoms with Gasteiger partial charge in [-0.05, 0) is 30.7 Å². The molecule has 1 saturated heterocycles. The molecule has 8 heteroatoms. The van der Waals surface area contributed by atoms with Crippen LogP contribution in [-0.2, 0) is 12.7 Å². The fraction of sp³-hybridized carbons (Fsp3) is 0.269. The topological polar surface area (TPSA) is 41.6 Å². The number of furan rings is 1. The van der Waals surface area contributed by atoms with Crippen molar-refractivity contribution in [3.05, 3.63) is 89.3 Å². The van der Waals surface area contributed by atoms with Crippen LogP contribution >= 0.6 is 0 Å². The standard InChI is InChI=1S/C26H24F3N3O2/c1-18-5-7-19(8-6-18)17-32-22-9-14-34-24(22)16-23(32)25(33)31-12-10-30(11-13-31)21-4-2-3-20(15-21)26(27,28)29/h2-9,14-16H,10-13,17H2,1H3. The van der Waals surface area contributed by atoms with Crippen LogP contribution in [0.2, 0.25) is 0 Å². The quantitative estimate of drug-likeness (QED) is 0.394. The van der Waals surface area contributed by atoms with Crippen molar-refractivity contribution in [2.75, 3.05) is 31.1 Å². The number of benzene rings is 2. The van der Waals surface area contributed by atoms with E-state index >= 15 is 0 Å². The summed E-state index contributed by atoms with van der Waals surface area (Å²) in [5.74, 6) is -0.109. The van der Waals surface area contributed by atoms with Crippen LogP contribution in [0.1, 0.15) is 27.2 Å². The van der Waals surface area contributed by atoms with Crippen molar-refractivity contribution in [3.8, 4) is 0 Å². The van der Waals surface area contributed by atoms with E-state index in [0.29, 0.717) is 49.7 Å². The minimum Gasteiger partial charge on any atom is -0.463 e. The van der Waals surface area contributed by atoms with E-state index in [1.54, 1.807) is 23.3 Å². The van der Waals surface area contributed by atoms with Gasteiger partial charge in [-0.15, -0.1) is 0 Å². The number of halogens is 3. The number of aromatic nitrogens is 1. The molecule has 0 saturated carbocycles. The van der Waals surface area contributed by atoms with Gasteiger partial charge in [0.25, 0.3) is 5.91 Å². The Morgan fingerprint density at radius 3 is 2.41 bits per heavy atom. The van der Waals surface area contributed by atoms with Gasteiger partial charge in [0, 0.05) is 50.5 Å². The lowest BCUT2D eigenvalue weighted by atomic mass is 10.1. The molecule has 4 aromatic rings. The fourth-order valence-corrected chi connectivity index (χ4v) is 4.41. The van der Waals surface area contributed by atoms with E-state index in [2.05, 4.69) is 0 Å². The number of piperazine rings is 1. The number of rotatable bonds is 4. The van der Waals surface area contributed by atoms with Gasteiger partial charge in [-0.2, -0.15) is 13.2 Å². The van der Waals surface area contributed by atoms with Gasteiger partial charge >= 0.3 is 6.18 Å². The summed E-state index contributed by atoms with van der Waals surface area (Å²) in [6, 6.07) is 17.1. The first kappa shape index (κ1) is 22.1. The molecule has 34 heavy (non-hydrogen) atoms. The van der Waals surface area contributed by atoms with Crippen molar-refractivity contribution in [3.63, 3.8) is 0 Å². The lowest BCUT2D eigenvalue weighted by molar-refractivity contribution is -0.137. The fourth-order valence-electron chi connectivity index (χ4n) is 4.41. The number of carbonyl (C=O) groups is 1. The molecule has 176 valence electrons. The number of anilines is 1. The predicted molar refractivity (Wildman–Crippen MR) is 124 cm³/mol. The van der Waals surface area contributed by atoms with Crippen LogP contribution in [0.5, 0.6) is 0 Å². The Labute approximate surface area is 195 Å². The second-order valence-corrected chi connectivity index (χ2v) is 8.60. The predicted octanol–water partition coefficient (Wildman–Crippen LogP) is 5.57. The highest BCUT2D eigenvalue weighted by atomic mass is 19.4. The molecule has 3 heterocycles. The van der Waals surface area contributed by atoms with Gasteiger partial charge in [0.1, 0.15) is 5.69 Å². The zero-order valence-electron chi connectivity index (χ0n) is 18.7. The Kier molecular flexibility index (Phi) is 5.59. The molecule has 1 fully saturated rings. The maximum atomic E-state index is 13.5. The summed E-state index contributed by atoms with van der Waals surface area (Å²) in [6.45, 7) is 4.33. The van der Waals surface area contributed by atoms with Crippen molar-refractivity contribution < 1.29 is 22.4 Å². The average molecular weight is 467 g/mol. The van der Waals surface area contributed by atoms with E-state index in [4.69, 9.17) is 4.42 Å². The zero-order chi connectivity index (χ0) is 23.9. The zero-order valence-corrected chi connectivity index (χ0v) is 18.7. The molecule has 0 bridgehead atoms. The largest absolute Gasteiger partial charge is 0.463 e. The van der Waals surface area contributed by atoms with E-state index in [-0.39, 0.29) is 5.91 Å². The minimum atomic E-state index is -4.38. The Hall–Kier alpha value is -3.68. The van der Waals surface area contributed by atoms with Gasteiger partial charge in [-0.1, -0.05) is 35.9 Å². The number of hydrogen-bond donors (Lipinski definition) is 0. The molecule has 1 aliphatic rings. The summed E-state index contributed by atoms with van der Waals surface area (Å²) < 4.78 is 46.8. The van der Waals surface area contributed by atoms with E-state index in [0.717, 1.165) is 17.1 Å². The number of carbonyl (C=O) groups excluding carboxylic acids is 1. The Morgan fingerprint density at radius 1 is 0.971 bits per heavy atom. The lowest BCUT2D eigenvalue weighted by Gasteiger charge is -2.36.